The first-order valence-electron chi connectivity index (χ1n) is 6.80. The van der Waals surface area contributed by atoms with Gasteiger partial charge in [0.2, 0.25) is 0 Å². The molecule has 0 N–H and O–H groups in total. The molecule has 1 aliphatic heterocycles. The van der Waals surface area contributed by atoms with Crippen molar-refractivity contribution in [2.75, 3.05) is 20.2 Å². The van der Waals surface area contributed by atoms with Gasteiger partial charge in [-0.1, -0.05) is 6.08 Å². The number of esters is 1. The van der Waals surface area contributed by atoms with E-state index in [0.717, 1.165) is 0 Å². The van der Waals surface area contributed by atoms with E-state index in [1.165, 1.54) is 31.4 Å². The Balaban J connectivity index is 2.14. The molecular formula is C16H18FNO3. The molecule has 5 heteroatoms. The van der Waals surface area contributed by atoms with Crippen LogP contribution in [0.15, 0.2) is 36.9 Å². The number of allylic oxidation sites excluding steroid dienone is 1. The van der Waals surface area contributed by atoms with Gasteiger partial charge in [-0.25, -0.2) is 4.39 Å². The van der Waals surface area contributed by atoms with E-state index in [-0.39, 0.29) is 29.5 Å². The van der Waals surface area contributed by atoms with Crippen molar-refractivity contribution in [3.8, 4) is 0 Å². The third kappa shape index (κ3) is 3.29. The van der Waals surface area contributed by atoms with Crippen LogP contribution in [0.3, 0.4) is 0 Å². The van der Waals surface area contributed by atoms with Crippen LogP contribution in [0.25, 0.3) is 0 Å². The van der Waals surface area contributed by atoms with Gasteiger partial charge in [0.15, 0.2) is 0 Å². The number of methoxy groups -OCH3 is 1. The Morgan fingerprint density at radius 2 is 2.05 bits per heavy atom. The molecule has 0 bridgehead atoms. The second-order valence-corrected chi connectivity index (χ2v) is 5.13. The molecule has 2 rings (SSSR count). The first kappa shape index (κ1) is 15.2. The minimum Gasteiger partial charge on any atom is -0.469 e. The highest BCUT2D eigenvalue weighted by Crippen LogP contribution is 2.28. The van der Waals surface area contributed by atoms with Crippen molar-refractivity contribution in [2.24, 2.45) is 11.8 Å². The zero-order chi connectivity index (χ0) is 15.4. The summed E-state index contributed by atoms with van der Waals surface area (Å²) in [5.74, 6) is -1.21. The number of amides is 1. The topological polar surface area (TPSA) is 46.6 Å². The predicted molar refractivity (Wildman–Crippen MR) is 76.1 cm³/mol. The van der Waals surface area contributed by atoms with E-state index in [9.17, 15) is 14.0 Å². The summed E-state index contributed by atoms with van der Waals surface area (Å²) in [6, 6.07) is 5.40. The number of rotatable bonds is 4. The molecule has 0 aliphatic carbocycles. The summed E-state index contributed by atoms with van der Waals surface area (Å²) in [5, 5.41) is 0. The summed E-state index contributed by atoms with van der Waals surface area (Å²) in [6.45, 7) is 4.48. The van der Waals surface area contributed by atoms with Crippen molar-refractivity contribution >= 4 is 11.9 Å². The number of hydrogen-bond acceptors (Lipinski definition) is 3. The number of hydrogen-bond donors (Lipinski definition) is 0. The maximum atomic E-state index is 12.9. The van der Waals surface area contributed by atoms with Crippen LogP contribution in [0, 0.1) is 17.7 Å². The lowest BCUT2D eigenvalue weighted by molar-refractivity contribution is -0.146. The molecule has 4 nitrogen and oxygen atoms in total. The van der Waals surface area contributed by atoms with E-state index in [1.54, 1.807) is 11.0 Å². The molecule has 2 atom stereocenters. The van der Waals surface area contributed by atoms with Gasteiger partial charge in [0.05, 0.1) is 13.0 Å². The van der Waals surface area contributed by atoms with Gasteiger partial charge in [-0.15, -0.1) is 6.58 Å². The van der Waals surface area contributed by atoms with E-state index >= 15 is 0 Å². The number of carbonyl (C=O) groups is 2. The molecule has 1 heterocycles. The monoisotopic (exact) mass is 291 g/mol. The van der Waals surface area contributed by atoms with Crippen LogP contribution in [0.2, 0.25) is 0 Å². The fourth-order valence-corrected chi connectivity index (χ4v) is 2.68. The molecule has 0 spiro atoms. The van der Waals surface area contributed by atoms with E-state index in [4.69, 9.17) is 4.74 Å². The second kappa shape index (κ2) is 6.52. The number of benzene rings is 1. The number of nitrogens with zero attached hydrogens (tertiary/aromatic N) is 1. The quantitative estimate of drug-likeness (QED) is 0.631. The normalized spacial score (nSPS) is 21.1. The molecule has 0 radical (unpaired) electrons. The average Bonchev–Trinajstić information content (AvgIpc) is 2.91. The highest BCUT2D eigenvalue weighted by Gasteiger charge is 2.39. The molecular weight excluding hydrogens is 273 g/mol. The van der Waals surface area contributed by atoms with Crippen LogP contribution in [0.5, 0.6) is 0 Å². The number of carbonyl (C=O) groups excluding carboxylic acids is 2. The number of ether oxygens (including phenoxy) is 1. The van der Waals surface area contributed by atoms with Crippen molar-refractivity contribution in [1.82, 2.24) is 4.90 Å². The van der Waals surface area contributed by atoms with Crippen molar-refractivity contribution in [2.45, 2.75) is 6.42 Å². The summed E-state index contributed by atoms with van der Waals surface area (Å²) in [7, 11) is 1.34. The lowest BCUT2D eigenvalue weighted by Gasteiger charge is -2.16. The van der Waals surface area contributed by atoms with Crippen molar-refractivity contribution in [1.29, 1.82) is 0 Å². The molecule has 21 heavy (non-hydrogen) atoms. The maximum absolute atomic E-state index is 12.9. The molecule has 0 aromatic heterocycles. The SMILES string of the molecule is C=CC[C@H]1CN(C(=O)c2ccc(F)cc2)C[C@H]1C(=O)OC. The zero-order valence-electron chi connectivity index (χ0n) is 11.9. The highest BCUT2D eigenvalue weighted by atomic mass is 19.1. The van der Waals surface area contributed by atoms with Crippen LogP contribution in [-0.2, 0) is 9.53 Å². The first-order chi connectivity index (χ1) is 10.1. The van der Waals surface area contributed by atoms with Crippen LogP contribution < -0.4 is 0 Å². The van der Waals surface area contributed by atoms with Crippen molar-refractivity contribution in [3.05, 3.63) is 48.3 Å². The van der Waals surface area contributed by atoms with Gasteiger partial charge in [0.25, 0.3) is 5.91 Å². The smallest absolute Gasteiger partial charge is 0.310 e. The number of likely N-dealkylation sites (tertiary alicyclic amines) is 1. The fraction of sp³-hybridized carbons (Fsp3) is 0.375. The van der Waals surface area contributed by atoms with E-state index in [0.29, 0.717) is 25.1 Å². The molecule has 0 unspecified atom stereocenters. The fourth-order valence-electron chi connectivity index (χ4n) is 2.68. The Bertz CT molecular complexity index is 541. The molecule has 1 amide bonds. The van der Waals surface area contributed by atoms with Gasteiger partial charge in [0, 0.05) is 18.7 Å². The van der Waals surface area contributed by atoms with Gasteiger partial charge < -0.3 is 9.64 Å². The summed E-state index contributed by atoms with van der Waals surface area (Å²) < 4.78 is 17.7. The largest absolute Gasteiger partial charge is 0.469 e. The van der Waals surface area contributed by atoms with Crippen LogP contribution in [0.1, 0.15) is 16.8 Å². The molecule has 1 aliphatic rings. The average molecular weight is 291 g/mol. The molecule has 0 saturated carbocycles. The zero-order valence-corrected chi connectivity index (χ0v) is 11.9. The Kier molecular flexibility index (Phi) is 4.73. The third-order valence-electron chi connectivity index (χ3n) is 3.79. The highest BCUT2D eigenvalue weighted by molar-refractivity contribution is 5.94. The van der Waals surface area contributed by atoms with E-state index in [2.05, 4.69) is 6.58 Å². The molecule has 112 valence electrons. The van der Waals surface area contributed by atoms with Crippen LogP contribution >= 0.6 is 0 Å². The summed E-state index contributed by atoms with van der Waals surface area (Å²) in [5.41, 5.74) is 0.416. The minimum atomic E-state index is -0.384. The Labute approximate surface area is 123 Å². The maximum Gasteiger partial charge on any atom is 0.310 e. The lowest BCUT2D eigenvalue weighted by atomic mass is 9.93. The van der Waals surface area contributed by atoms with E-state index < -0.39 is 0 Å². The molecule has 1 aromatic carbocycles. The van der Waals surface area contributed by atoms with Crippen LogP contribution in [-0.4, -0.2) is 37.0 Å². The van der Waals surface area contributed by atoms with Gasteiger partial charge in [-0.2, -0.15) is 0 Å². The minimum absolute atomic E-state index is 0.0133. The van der Waals surface area contributed by atoms with Gasteiger partial charge in [-0.3, -0.25) is 9.59 Å². The molecule has 1 fully saturated rings. The standard InChI is InChI=1S/C16H18FNO3/c1-3-4-12-9-18(10-14(12)16(20)21-2)15(19)11-5-7-13(17)8-6-11/h3,5-8,12,14H,1,4,9-10H2,2H3/t12-,14+/m0/s1. The lowest BCUT2D eigenvalue weighted by Crippen LogP contribution is -2.30. The summed E-state index contributed by atoms with van der Waals surface area (Å²) in [6.07, 6.45) is 2.39. The summed E-state index contributed by atoms with van der Waals surface area (Å²) in [4.78, 5) is 25.8. The Morgan fingerprint density at radius 1 is 1.38 bits per heavy atom. The first-order valence-corrected chi connectivity index (χ1v) is 6.80. The van der Waals surface area contributed by atoms with Gasteiger partial charge in [0.1, 0.15) is 5.82 Å². The summed E-state index contributed by atoms with van der Waals surface area (Å²) >= 11 is 0. The van der Waals surface area contributed by atoms with E-state index in [1.807, 2.05) is 0 Å². The Hall–Kier alpha value is -2.17. The van der Waals surface area contributed by atoms with Crippen molar-refractivity contribution in [3.63, 3.8) is 0 Å². The predicted octanol–water partition coefficient (Wildman–Crippen LogP) is 2.26. The number of halogens is 1. The Morgan fingerprint density at radius 3 is 2.62 bits per heavy atom. The van der Waals surface area contributed by atoms with Gasteiger partial charge >= 0.3 is 5.97 Å². The van der Waals surface area contributed by atoms with Crippen LogP contribution in [0.4, 0.5) is 4.39 Å². The third-order valence-corrected chi connectivity index (χ3v) is 3.79. The van der Waals surface area contributed by atoms with Crippen molar-refractivity contribution < 1.29 is 18.7 Å². The van der Waals surface area contributed by atoms with Gasteiger partial charge in [-0.05, 0) is 36.6 Å². The second-order valence-electron chi connectivity index (χ2n) is 5.13. The molecule has 1 saturated heterocycles. The molecule has 1 aromatic rings.